The predicted octanol–water partition coefficient (Wildman–Crippen LogP) is 1.44. The smallest absolute Gasteiger partial charge is 0.276 e. The molecule has 0 saturated heterocycles. The minimum Gasteiger partial charge on any atom is -0.391 e. The van der Waals surface area contributed by atoms with Gasteiger partial charge in [-0.3, -0.25) is 4.79 Å². The Balaban J connectivity index is 2.09. The molecule has 0 radical (unpaired) electrons. The molecule has 0 aromatic carbocycles. The van der Waals surface area contributed by atoms with E-state index in [1.807, 2.05) is 11.8 Å². The van der Waals surface area contributed by atoms with Crippen LogP contribution < -0.4 is 16.6 Å². The molecule has 2 rings (SSSR count). The summed E-state index contributed by atoms with van der Waals surface area (Å²) in [6, 6.07) is 0.372. The topological polar surface area (TPSA) is 83.8 Å². The number of rotatable bonds is 4. The van der Waals surface area contributed by atoms with Gasteiger partial charge in [-0.05, 0) is 18.6 Å². The molecule has 1 aromatic rings. The van der Waals surface area contributed by atoms with Gasteiger partial charge in [0.1, 0.15) is 5.69 Å². The first-order valence-electron chi connectivity index (χ1n) is 5.93. The third-order valence-corrected chi connectivity index (χ3v) is 4.37. The molecule has 17 heavy (non-hydrogen) atoms. The van der Waals surface area contributed by atoms with Crippen LogP contribution in [0.3, 0.4) is 0 Å². The second-order valence-corrected chi connectivity index (χ2v) is 5.69. The van der Waals surface area contributed by atoms with Gasteiger partial charge in [-0.25, -0.2) is 4.98 Å². The van der Waals surface area contributed by atoms with Crippen LogP contribution in [-0.4, -0.2) is 27.0 Å². The van der Waals surface area contributed by atoms with E-state index in [9.17, 15) is 4.79 Å². The zero-order chi connectivity index (χ0) is 12.3. The van der Waals surface area contributed by atoms with Crippen molar-refractivity contribution in [3.8, 4) is 0 Å². The molecule has 2 unspecified atom stereocenters. The normalized spacial score (nSPS) is 23.8. The van der Waals surface area contributed by atoms with Gasteiger partial charge in [0, 0.05) is 11.3 Å². The van der Waals surface area contributed by atoms with Gasteiger partial charge in [0.25, 0.3) is 5.56 Å². The Bertz CT molecular complexity index is 434. The van der Waals surface area contributed by atoms with E-state index in [0.29, 0.717) is 17.1 Å². The van der Waals surface area contributed by atoms with Gasteiger partial charge in [-0.2, -0.15) is 11.8 Å². The SMILES string of the molecule is CCSC1CCCC1Nc1nc[nH]c(=O)c1N. The molecule has 94 valence electrons. The monoisotopic (exact) mass is 254 g/mol. The summed E-state index contributed by atoms with van der Waals surface area (Å²) in [7, 11) is 0. The van der Waals surface area contributed by atoms with E-state index in [1.165, 1.54) is 19.2 Å². The molecule has 1 aromatic heterocycles. The summed E-state index contributed by atoms with van der Waals surface area (Å²) in [5, 5.41) is 3.91. The van der Waals surface area contributed by atoms with E-state index >= 15 is 0 Å². The molecule has 5 nitrogen and oxygen atoms in total. The number of anilines is 2. The van der Waals surface area contributed by atoms with Gasteiger partial charge in [0.15, 0.2) is 5.82 Å². The molecule has 1 saturated carbocycles. The Morgan fingerprint density at radius 2 is 2.47 bits per heavy atom. The number of thioether (sulfide) groups is 1. The molecule has 2 atom stereocenters. The van der Waals surface area contributed by atoms with Gasteiger partial charge in [0.2, 0.25) is 0 Å². The minimum absolute atomic E-state index is 0.180. The predicted molar refractivity (Wildman–Crippen MR) is 72.5 cm³/mol. The maximum atomic E-state index is 11.4. The quantitative estimate of drug-likeness (QED) is 0.757. The van der Waals surface area contributed by atoms with Crippen molar-refractivity contribution in [2.45, 2.75) is 37.5 Å². The van der Waals surface area contributed by atoms with E-state index in [2.05, 4.69) is 22.2 Å². The second-order valence-electron chi connectivity index (χ2n) is 4.17. The number of aromatic amines is 1. The average Bonchev–Trinajstić information content (AvgIpc) is 2.73. The molecule has 0 bridgehead atoms. The lowest BCUT2D eigenvalue weighted by molar-refractivity contribution is 0.762. The van der Waals surface area contributed by atoms with E-state index < -0.39 is 0 Å². The molecular formula is C11H18N4OS. The fourth-order valence-electron chi connectivity index (χ4n) is 2.21. The molecule has 4 N–H and O–H groups in total. The van der Waals surface area contributed by atoms with Gasteiger partial charge in [0.05, 0.1) is 6.33 Å². The maximum Gasteiger partial charge on any atom is 0.276 e. The minimum atomic E-state index is -0.278. The fourth-order valence-corrected chi connectivity index (χ4v) is 3.40. The van der Waals surface area contributed by atoms with Crippen LogP contribution in [0.2, 0.25) is 0 Å². The highest BCUT2D eigenvalue weighted by Gasteiger charge is 2.27. The Hall–Kier alpha value is -1.17. The lowest BCUT2D eigenvalue weighted by atomic mass is 10.2. The van der Waals surface area contributed by atoms with Crippen molar-refractivity contribution in [3.63, 3.8) is 0 Å². The zero-order valence-corrected chi connectivity index (χ0v) is 10.7. The van der Waals surface area contributed by atoms with Crippen molar-refractivity contribution in [3.05, 3.63) is 16.7 Å². The number of aromatic nitrogens is 2. The second kappa shape index (κ2) is 5.44. The van der Waals surface area contributed by atoms with E-state index in [-0.39, 0.29) is 11.2 Å². The maximum absolute atomic E-state index is 11.4. The van der Waals surface area contributed by atoms with Crippen molar-refractivity contribution in [2.24, 2.45) is 0 Å². The highest BCUT2D eigenvalue weighted by Crippen LogP contribution is 2.32. The number of hydrogen-bond acceptors (Lipinski definition) is 5. The number of hydrogen-bond donors (Lipinski definition) is 3. The molecule has 6 heteroatoms. The number of nitrogens with one attached hydrogen (secondary N) is 2. The Morgan fingerprint density at radius 3 is 3.24 bits per heavy atom. The van der Waals surface area contributed by atoms with Crippen molar-refractivity contribution in [1.82, 2.24) is 9.97 Å². The summed E-state index contributed by atoms with van der Waals surface area (Å²) in [6.45, 7) is 2.17. The van der Waals surface area contributed by atoms with Crippen LogP contribution in [0.4, 0.5) is 11.5 Å². The van der Waals surface area contributed by atoms with Crippen LogP contribution in [-0.2, 0) is 0 Å². The van der Waals surface area contributed by atoms with Crippen LogP contribution in [0.5, 0.6) is 0 Å². The molecule has 0 spiro atoms. The highest BCUT2D eigenvalue weighted by atomic mass is 32.2. The van der Waals surface area contributed by atoms with Crippen molar-refractivity contribution in [1.29, 1.82) is 0 Å². The molecule has 1 heterocycles. The number of nitrogens with zero attached hydrogens (tertiary/aromatic N) is 1. The number of H-pyrrole nitrogens is 1. The standard InChI is InChI=1S/C11H18N4OS/c1-2-17-8-5-3-4-7(8)15-10-9(12)11(16)14-6-13-10/h6-8H,2-5,12H2,1H3,(H2,13,14,15,16). The fraction of sp³-hybridized carbons (Fsp3) is 0.636. The van der Waals surface area contributed by atoms with E-state index in [4.69, 9.17) is 5.73 Å². The summed E-state index contributed by atoms with van der Waals surface area (Å²) >= 11 is 1.96. The summed E-state index contributed by atoms with van der Waals surface area (Å²) < 4.78 is 0. The van der Waals surface area contributed by atoms with Crippen molar-refractivity contribution >= 4 is 23.3 Å². The first kappa shape index (κ1) is 12.3. The Morgan fingerprint density at radius 1 is 1.65 bits per heavy atom. The van der Waals surface area contributed by atoms with Crippen molar-refractivity contribution < 1.29 is 0 Å². The lowest BCUT2D eigenvalue weighted by Crippen LogP contribution is -2.28. The first-order chi connectivity index (χ1) is 8.22. The molecule has 1 aliphatic rings. The first-order valence-corrected chi connectivity index (χ1v) is 6.98. The van der Waals surface area contributed by atoms with Crippen LogP contribution >= 0.6 is 11.8 Å². The average molecular weight is 254 g/mol. The van der Waals surface area contributed by atoms with Gasteiger partial charge >= 0.3 is 0 Å². The van der Waals surface area contributed by atoms with Crippen LogP contribution in [0, 0.1) is 0 Å². The highest BCUT2D eigenvalue weighted by molar-refractivity contribution is 7.99. The van der Waals surface area contributed by atoms with Crippen LogP contribution in [0.1, 0.15) is 26.2 Å². The van der Waals surface area contributed by atoms with E-state index in [0.717, 1.165) is 12.2 Å². The van der Waals surface area contributed by atoms with Crippen molar-refractivity contribution in [2.75, 3.05) is 16.8 Å². The Labute approximate surface area is 105 Å². The number of nitrogens with two attached hydrogens (primary N) is 1. The summed E-state index contributed by atoms with van der Waals surface area (Å²) in [5.74, 6) is 1.63. The third-order valence-electron chi connectivity index (χ3n) is 3.04. The van der Waals surface area contributed by atoms with Gasteiger partial charge in [-0.1, -0.05) is 13.3 Å². The zero-order valence-electron chi connectivity index (χ0n) is 9.90. The molecule has 1 fully saturated rings. The lowest BCUT2D eigenvalue weighted by Gasteiger charge is -2.21. The molecule has 0 aliphatic heterocycles. The van der Waals surface area contributed by atoms with E-state index in [1.54, 1.807) is 0 Å². The van der Waals surface area contributed by atoms with Gasteiger partial charge < -0.3 is 16.0 Å². The summed E-state index contributed by atoms with van der Waals surface area (Å²) in [5.41, 5.74) is 5.61. The largest absolute Gasteiger partial charge is 0.391 e. The molecular weight excluding hydrogens is 236 g/mol. The van der Waals surface area contributed by atoms with Gasteiger partial charge in [-0.15, -0.1) is 0 Å². The summed E-state index contributed by atoms with van der Waals surface area (Å²) in [6.07, 6.45) is 4.95. The third kappa shape index (κ3) is 2.74. The molecule has 0 amide bonds. The summed E-state index contributed by atoms with van der Waals surface area (Å²) in [4.78, 5) is 17.9. The number of nitrogen functional groups attached to an aromatic ring is 1. The van der Waals surface area contributed by atoms with Crippen LogP contribution in [0.15, 0.2) is 11.1 Å². The Kier molecular flexibility index (Phi) is 3.93. The molecule has 1 aliphatic carbocycles. The van der Waals surface area contributed by atoms with Crippen LogP contribution in [0.25, 0.3) is 0 Å².